The van der Waals surface area contributed by atoms with E-state index in [2.05, 4.69) is 0 Å². The van der Waals surface area contributed by atoms with Crippen LogP contribution in [0.1, 0.15) is 11.1 Å². The van der Waals surface area contributed by atoms with Crippen LogP contribution in [0.4, 0.5) is 0 Å². The van der Waals surface area contributed by atoms with Gasteiger partial charge in [-0.05, 0) is 30.2 Å². The lowest BCUT2D eigenvalue weighted by Crippen LogP contribution is -1.85. The van der Waals surface area contributed by atoms with Crippen molar-refractivity contribution < 1.29 is 19.7 Å². The van der Waals surface area contributed by atoms with Gasteiger partial charge in [0.1, 0.15) is 23.0 Å². The van der Waals surface area contributed by atoms with Gasteiger partial charge in [0, 0.05) is 18.6 Å². The van der Waals surface area contributed by atoms with E-state index in [1.165, 1.54) is 5.56 Å². The molecule has 2 aromatic carbocycles. The summed E-state index contributed by atoms with van der Waals surface area (Å²) in [6.45, 7) is 2.68. The van der Waals surface area contributed by atoms with Gasteiger partial charge in [0.2, 0.25) is 0 Å². The third kappa shape index (κ3) is 3.35. The number of phenolic OH excluding ortho intramolecular Hbond substituents is 2. The lowest BCUT2D eigenvalue weighted by atomic mass is 10.2. The highest BCUT2D eigenvalue weighted by atomic mass is 16.5. The molecule has 0 bridgehead atoms. The smallest absolute Gasteiger partial charge is 0.126 e. The topological polar surface area (TPSA) is 58.9 Å². The lowest BCUT2D eigenvalue weighted by molar-refractivity contribution is 0.354. The van der Waals surface area contributed by atoms with Crippen LogP contribution in [0.25, 0.3) is 0 Å². The molecule has 2 aromatic rings. The molecule has 0 aliphatic carbocycles. The maximum atomic E-state index is 9.02. The van der Waals surface area contributed by atoms with E-state index in [0.717, 1.165) is 30.1 Å². The lowest BCUT2D eigenvalue weighted by Gasteiger charge is -2.02. The summed E-state index contributed by atoms with van der Waals surface area (Å²) in [5.74, 6) is 2.07. The van der Waals surface area contributed by atoms with E-state index < -0.39 is 0 Å². The molecule has 1 aliphatic heterocycles. The Morgan fingerprint density at radius 3 is 2.45 bits per heavy atom. The summed E-state index contributed by atoms with van der Waals surface area (Å²) in [5, 5.41) is 18.0. The predicted molar refractivity (Wildman–Crippen MR) is 76.7 cm³/mol. The average molecular weight is 274 g/mol. The molecule has 20 heavy (non-hydrogen) atoms. The second kappa shape index (κ2) is 6.19. The Labute approximate surface area is 118 Å². The highest BCUT2D eigenvalue weighted by molar-refractivity contribution is 5.42. The highest BCUT2D eigenvalue weighted by Crippen LogP contribution is 2.28. The Bertz CT molecular complexity index is 584. The van der Waals surface area contributed by atoms with E-state index in [-0.39, 0.29) is 11.5 Å². The van der Waals surface area contributed by atoms with Gasteiger partial charge >= 0.3 is 0 Å². The molecule has 0 radical (unpaired) electrons. The molecule has 3 rings (SSSR count). The van der Waals surface area contributed by atoms with Crippen molar-refractivity contribution in [3.63, 3.8) is 0 Å². The largest absolute Gasteiger partial charge is 0.508 e. The number of fused-ring (bicyclic) bond motifs is 1. The third-order valence-corrected chi connectivity index (χ3v) is 3.07. The van der Waals surface area contributed by atoms with Crippen LogP contribution >= 0.6 is 0 Å². The van der Waals surface area contributed by atoms with Crippen LogP contribution in [-0.4, -0.2) is 23.9 Å². The van der Waals surface area contributed by atoms with Gasteiger partial charge in [0.15, 0.2) is 0 Å². The first-order chi connectivity index (χ1) is 9.60. The Morgan fingerprint density at radius 1 is 1.05 bits per heavy atom. The van der Waals surface area contributed by atoms with Gasteiger partial charge in [0.05, 0.1) is 13.7 Å². The molecular formula is C16H18O4. The maximum Gasteiger partial charge on any atom is 0.126 e. The van der Waals surface area contributed by atoms with Gasteiger partial charge in [-0.15, -0.1) is 0 Å². The average Bonchev–Trinajstić information content (AvgIpc) is 2.89. The standard InChI is InChI=1S/C8H8O2.C8H10O2/c9-7-2-1-6-3-4-10-8(6)5-7;1-6-3-4-7(9)5-8(6)10-2/h1-2,5,9H,3-4H2;3-5,9H,1-2H3. The van der Waals surface area contributed by atoms with Crippen LogP contribution in [0.3, 0.4) is 0 Å². The van der Waals surface area contributed by atoms with E-state index in [9.17, 15) is 0 Å². The fourth-order valence-electron chi connectivity index (χ4n) is 1.96. The Hall–Kier alpha value is -2.36. The quantitative estimate of drug-likeness (QED) is 0.839. The molecule has 1 heterocycles. The number of hydrogen-bond acceptors (Lipinski definition) is 4. The normalized spacial score (nSPS) is 11.9. The molecule has 0 spiro atoms. The fraction of sp³-hybridized carbons (Fsp3) is 0.250. The first kappa shape index (κ1) is 14.1. The van der Waals surface area contributed by atoms with Gasteiger partial charge in [-0.2, -0.15) is 0 Å². The minimum absolute atomic E-state index is 0.238. The van der Waals surface area contributed by atoms with Gasteiger partial charge in [-0.25, -0.2) is 0 Å². The van der Waals surface area contributed by atoms with E-state index in [0.29, 0.717) is 0 Å². The van der Waals surface area contributed by atoms with Crippen molar-refractivity contribution in [3.8, 4) is 23.0 Å². The maximum absolute atomic E-state index is 9.02. The molecule has 0 aromatic heterocycles. The molecule has 1 aliphatic rings. The number of hydrogen-bond donors (Lipinski definition) is 2. The van der Waals surface area contributed by atoms with Crippen LogP contribution in [0.15, 0.2) is 36.4 Å². The number of methoxy groups -OCH3 is 1. The second-order valence-electron chi connectivity index (χ2n) is 4.54. The first-order valence-corrected chi connectivity index (χ1v) is 6.38. The van der Waals surface area contributed by atoms with Gasteiger partial charge in [0.25, 0.3) is 0 Å². The fourth-order valence-corrected chi connectivity index (χ4v) is 1.96. The summed E-state index contributed by atoms with van der Waals surface area (Å²) >= 11 is 0. The van der Waals surface area contributed by atoms with Crippen molar-refractivity contribution in [2.45, 2.75) is 13.3 Å². The molecule has 106 valence electrons. The molecule has 0 atom stereocenters. The number of aromatic hydroxyl groups is 2. The Morgan fingerprint density at radius 2 is 1.75 bits per heavy atom. The summed E-state index contributed by atoms with van der Waals surface area (Å²) < 4.78 is 10.2. The number of phenols is 2. The van der Waals surface area contributed by atoms with E-state index in [1.54, 1.807) is 31.4 Å². The van der Waals surface area contributed by atoms with E-state index in [1.807, 2.05) is 19.1 Å². The van der Waals surface area contributed by atoms with Crippen LogP contribution < -0.4 is 9.47 Å². The summed E-state index contributed by atoms with van der Waals surface area (Å²) in [5.41, 5.74) is 2.22. The van der Waals surface area contributed by atoms with Crippen molar-refractivity contribution in [1.29, 1.82) is 0 Å². The minimum atomic E-state index is 0.238. The zero-order chi connectivity index (χ0) is 14.5. The van der Waals surface area contributed by atoms with Crippen molar-refractivity contribution in [2.24, 2.45) is 0 Å². The first-order valence-electron chi connectivity index (χ1n) is 6.38. The monoisotopic (exact) mass is 274 g/mol. The minimum Gasteiger partial charge on any atom is -0.508 e. The Balaban J connectivity index is 0.000000147. The molecule has 0 fully saturated rings. The van der Waals surface area contributed by atoms with Crippen molar-refractivity contribution in [1.82, 2.24) is 0 Å². The number of ether oxygens (including phenoxy) is 2. The highest BCUT2D eigenvalue weighted by Gasteiger charge is 2.10. The van der Waals surface area contributed by atoms with Gasteiger partial charge < -0.3 is 19.7 Å². The van der Waals surface area contributed by atoms with Crippen LogP contribution in [0, 0.1) is 6.92 Å². The molecule has 0 saturated heterocycles. The van der Waals surface area contributed by atoms with E-state index >= 15 is 0 Å². The molecule has 0 saturated carbocycles. The zero-order valence-corrected chi connectivity index (χ0v) is 11.6. The number of benzene rings is 2. The number of rotatable bonds is 1. The summed E-state index contributed by atoms with van der Waals surface area (Å²) in [6.07, 6.45) is 0.968. The second-order valence-corrected chi connectivity index (χ2v) is 4.54. The molecular weight excluding hydrogens is 256 g/mol. The predicted octanol–water partition coefficient (Wildman–Crippen LogP) is 3.04. The van der Waals surface area contributed by atoms with Crippen LogP contribution in [0.2, 0.25) is 0 Å². The van der Waals surface area contributed by atoms with Crippen molar-refractivity contribution in [2.75, 3.05) is 13.7 Å². The molecule has 0 amide bonds. The van der Waals surface area contributed by atoms with Crippen LogP contribution in [0.5, 0.6) is 23.0 Å². The van der Waals surface area contributed by atoms with Gasteiger partial charge in [-0.1, -0.05) is 12.1 Å². The molecule has 4 heteroatoms. The van der Waals surface area contributed by atoms with Crippen LogP contribution in [-0.2, 0) is 6.42 Å². The van der Waals surface area contributed by atoms with E-state index in [4.69, 9.17) is 19.7 Å². The summed E-state index contributed by atoms with van der Waals surface area (Å²) in [6, 6.07) is 10.3. The number of aryl methyl sites for hydroxylation is 1. The molecule has 0 unspecified atom stereocenters. The summed E-state index contributed by atoms with van der Waals surface area (Å²) in [4.78, 5) is 0. The van der Waals surface area contributed by atoms with Crippen molar-refractivity contribution in [3.05, 3.63) is 47.5 Å². The van der Waals surface area contributed by atoms with Gasteiger partial charge in [-0.3, -0.25) is 0 Å². The van der Waals surface area contributed by atoms with Crippen molar-refractivity contribution >= 4 is 0 Å². The SMILES string of the molecule is COc1cc(O)ccc1C.Oc1ccc2c(c1)OCC2. The third-order valence-electron chi connectivity index (χ3n) is 3.07. The molecule has 4 nitrogen and oxygen atoms in total. The molecule has 2 N–H and O–H groups in total. The Kier molecular flexibility index (Phi) is 4.35. The summed E-state index contributed by atoms with van der Waals surface area (Å²) in [7, 11) is 1.59. The zero-order valence-electron chi connectivity index (χ0n) is 11.6.